The maximum Gasteiger partial charge on any atom is 0.240 e. The summed E-state index contributed by atoms with van der Waals surface area (Å²) >= 11 is 0. The van der Waals surface area contributed by atoms with E-state index in [1.165, 1.54) is 48.5 Å². The van der Waals surface area contributed by atoms with Gasteiger partial charge in [0.1, 0.15) is 0 Å². The zero-order chi connectivity index (χ0) is 30.0. The lowest BCUT2D eigenvalue weighted by molar-refractivity contribution is -0.118. The molecular weight excluding hydrogens is 584 g/mol. The molecule has 14 heteroatoms. The minimum absolute atomic E-state index is 0.104. The number of ether oxygens (including phenoxy) is 2. The zero-order valence-electron chi connectivity index (χ0n) is 23.3. The van der Waals surface area contributed by atoms with E-state index in [0.29, 0.717) is 37.4 Å². The summed E-state index contributed by atoms with van der Waals surface area (Å²) in [5.74, 6) is -0.486. The quantitative estimate of drug-likeness (QED) is 0.220. The molecule has 230 valence electrons. The van der Waals surface area contributed by atoms with E-state index in [1.54, 1.807) is 0 Å². The number of anilines is 2. The highest BCUT2D eigenvalue weighted by Crippen LogP contribution is 2.18. The molecule has 0 bridgehead atoms. The van der Waals surface area contributed by atoms with Crippen LogP contribution < -0.4 is 20.1 Å². The summed E-state index contributed by atoms with van der Waals surface area (Å²) in [7, 11) is -7.34. The first-order chi connectivity index (χ1) is 20.1. The number of hydrogen-bond acceptors (Lipinski definition) is 8. The molecule has 0 radical (unpaired) electrons. The standard InChI is InChI=1S/C28H38N4O8S2/c33-27(31-21-9-13-25(14-10-21)41(35,36)29-19-23-5-3-17-39-23)7-1-2-8-28(34)32-22-11-15-26(16-12-22)42(37,38)30-20-24-6-4-18-40-24/h9-16,23-24,29-30H,1-8,17-20H2,(H,31,33)(H,32,34). The molecular formula is C28H38N4O8S2. The first-order valence-electron chi connectivity index (χ1n) is 14.1. The molecule has 2 aromatic rings. The van der Waals surface area contributed by atoms with Gasteiger partial charge in [0.05, 0.1) is 22.0 Å². The van der Waals surface area contributed by atoms with Crippen molar-refractivity contribution in [1.82, 2.24) is 9.44 Å². The Morgan fingerprint density at radius 3 is 1.36 bits per heavy atom. The van der Waals surface area contributed by atoms with Crippen LogP contribution in [0.3, 0.4) is 0 Å². The Kier molecular flexibility index (Phi) is 11.5. The number of carbonyl (C=O) groups is 2. The van der Waals surface area contributed by atoms with Crippen molar-refractivity contribution in [2.45, 2.75) is 73.4 Å². The minimum atomic E-state index is -3.67. The molecule has 2 aromatic carbocycles. The molecule has 0 spiro atoms. The van der Waals surface area contributed by atoms with Gasteiger partial charge in [-0.2, -0.15) is 0 Å². The summed E-state index contributed by atoms with van der Waals surface area (Å²) in [6.45, 7) is 1.75. The second-order valence-corrected chi connectivity index (χ2v) is 13.9. The van der Waals surface area contributed by atoms with Crippen molar-refractivity contribution >= 4 is 43.2 Å². The Morgan fingerprint density at radius 2 is 1.02 bits per heavy atom. The lowest BCUT2D eigenvalue weighted by Crippen LogP contribution is -2.31. The molecule has 2 saturated heterocycles. The third-order valence-corrected chi connectivity index (χ3v) is 9.88. The molecule has 2 aliphatic heterocycles. The molecule has 4 N–H and O–H groups in total. The summed E-state index contributed by atoms with van der Waals surface area (Å²) in [6, 6.07) is 11.9. The molecule has 2 amide bonds. The van der Waals surface area contributed by atoms with Crippen LogP contribution >= 0.6 is 0 Å². The third kappa shape index (κ3) is 9.85. The van der Waals surface area contributed by atoms with E-state index < -0.39 is 20.0 Å². The summed E-state index contributed by atoms with van der Waals surface area (Å²) in [6.07, 6.45) is 4.65. The molecule has 0 aromatic heterocycles. The van der Waals surface area contributed by atoms with Gasteiger partial charge in [-0.25, -0.2) is 26.3 Å². The van der Waals surface area contributed by atoms with Crippen molar-refractivity contribution in [1.29, 1.82) is 0 Å². The fraction of sp³-hybridized carbons (Fsp3) is 0.500. The largest absolute Gasteiger partial charge is 0.377 e. The van der Waals surface area contributed by atoms with Gasteiger partial charge in [0, 0.05) is 50.5 Å². The van der Waals surface area contributed by atoms with Gasteiger partial charge in [-0.1, -0.05) is 0 Å². The predicted molar refractivity (Wildman–Crippen MR) is 157 cm³/mol. The number of amides is 2. The van der Waals surface area contributed by atoms with Crippen molar-refractivity contribution < 1.29 is 35.9 Å². The van der Waals surface area contributed by atoms with Gasteiger partial charge in [0.25, 0.3) is 0 Å². The summed E-state index contributed by atoms with van der Waals surface area (Å²) in [4.78, 5) is 24.8. The highest BCUT2D eigenvalue weighted by atomic mass is 32.2. The molecule has 42 heavy (non-hydrogen) atoms. The second-order valence-electron chi connectivity index (χ2n) is 10.3. The van der Waals surface area contributed by atoms with Crippen molar-refractivity contribution in [3.8, 4) is 0 Å². The number of benzene rings is 2. The Bertz CT molecular complexity index is 1290. The van der Waals surface area contributed by atoms with Gasteiger partial charge >= 0.3 is 0 Å². The van der Waals surface area contributed by atoms with Crippen LogP contribution in [0.4, 0.5) is 11.4 Å². The van der Waals surface area contributed by atoms with E-state index in [0.717, 1.165) is 25.7 Å². The molecule has 2 fully saturated rings. The Hall–Kier alpha value is -2.88. The molecule has 2 atom stereocenters. The molecule has 2 aliphatic rings. The van der Waals surface area contributed by atoms with Crippen molar-refractivity contribution in [2.75, 3.05) is 36.9 Å². The molecule has 4 rings (SSSR count). The van der Waals surface area contributed by atoms with Crippen LogP contribution in [-0.4, -0.2) is 67.2 Å². The summed E-state index contributed by atoms with van der Waals surface area (Å²) in [5, 5.41) is 5.46. The number of nitrogens with one attached hydrogen (secondary N) is 4. The van der Waals surface area contributed by atoms with Crippen molar-refractivity contribution in [2.24, 2.45) is 0 Å². The van der Waals surface area contributed by atoms with Gasteiger partial charge in [-0.3, -0.25) is 9.59 Å². The number of carbonyl (C=O) groups excluding carboxylic acids is 2. The van der Waals surface area contributed by atoms with Gasteiger partial charge in [0.15, 0.2) is 0 Å². The molecule has 2 heterocycles. The summed E-state index contributed by atoms with van der Waals surface area (Å²) < 4.78 is 65.9. The first kappa shape index (κ1) is 32.0. The Balaban J connectivity index is 1.12. The van der Waals surface area contributed by atoms with E-state index in [9.17, 15) is 26.4 Å². The SMILES string of the molecule is O=C(CCCCC(=O)Nc1ccc(S(=O)(=O)NCC2CCCO2)cc1)Nc1ccc(S(=O)(=O)NCC2CCCO2)cc1. The Labute approximate surface area is 247 Å². The van der Waals surface area contributed by atoms with Crippen molar-refractivity contribution in [3.05, 3.63) is 48.5 Å². The fourth-order valence-electron chi connectivity index (χ4n) is 4.64. The van der Waals surface area contributed by atoms with Crippen LogP contribution in [0.25, 0.3) is 0 Å². The van der Waals surface area contributed by atoms with Crippen LogP contribution in [0.5, 0.6) is 0 Å². The van der Waals surface area contributed by atoms with Gasteiger partial charge in [-0.15, -0.1) is 0 Å². The van der Waals surface area contributed by atoms with Gasteiger partial charge < -0.3 is 20.1 Å². The summed E-state index contributed by atoms with van der Waals surface area (Å²) in [5.41, 5.74) is 0.951. The molecule has 12 nitrogen and oxygen atoms in total. The highest BCUT2D eigenvalue weighted by Gasteiger charge is 2.21. The van der Waals surface area contributed by atoms with E-state index in [-0.39, 0.29) is 59.7 Å². The number of unbranched alkanes of at least 4 members (excludes halogenated alkanes) is 1. The van der Waals surface area contributed by atoms with Crippen LogP contribution in [0.2, 0.25) is 0 Å². The second kappa shape index (κ2) is 15.0. The average molecular weight is 623 g/mol. The van der Waals surface area contributed by atoms with Gasteiger partial charge in [-0.05, 0) is 87.1 Å². The number of sulfonamides is 2. The molecule has 2 unspecified atom stereocenters. The Morgan fingerprint density at radius 1 is 0.643 bits per heavy atom. The van der Waals surface area contributed by atoms with E-state index in [2.05, 4.69) is 20.1 Å². The molecule has 0 aliphatic carbocycles. The number of rotatable bonds is 15. The minimum Gasteiger partial charge on any atom is -0.377 e. The van der Waals surface area contributed by atoms with E-state index >= 15 is 0 Å². The predicted octanol–water partition coefficient (Wildman–Crippen LogP) is 2.74. The highest BCUT2D eigenvalue weighted by molar-refractivity contribution is 7.89. The van der Waals surface area contributed by atoms with Crippen LogP contribution in [0.1, 0.15) is 51.4 Å². The fourth-order valence-corrected chi connectivity index (χ4v) is 6.77. The zero-order valence-corrected chi connectivity index (χ0v) is 25.0. The average Bonchev–Trinajstić information content (AvgIpc) is 3.69. The van der Waals surface area contributed by atoms with Crippen LogP contribution in [0.15, 0.2) is 58.3 Å². The lowest BCUT2D eigenvalue weighted by atomic mass is 10.1. The van der Waals surface area contributed by atoms with Crippen molar-refractivity contribution in [3.63, 3.8) is 0 Å². The maximum absolute atomic E-state index is 12.5. The van der Waals surface area contributed by atoms with Gasteiger partial charge in [0.2, 0.25) is 31.9 Å². The number of hydrogen-bond donors (Lipinski definition) is 4. The monoisotopic (exact) mass is 622 g/mol. The van der Waals surface area contributed by atoms with Crippen LogP contribution in [0, 0.1) is 0 Å². The maximum atomic E-state index is 12.5. The smallest absolute Gasteiger partial charge is 0.240 e. The lowest BCUT2D eigenvalue weighted by Gasteiger charge is -2.12. The third-order valence-electron chi connectivity index (χ3n) is 7.00. The van der Waals surface area contributed by atoms with Crippen LogP contribution in [-0.2, 0) is 39.1 Å². The van der Waals surface area contributed by atoms with E-state index in [4.69, 9.17) is 9.47 Å². The van der Waals surface area contributed by atoms with E-state index in [1.807, 2.05) is 0 Å². The first-order valence-corrected chi connectivity index (χ1v) is 17.1. The normalized spacial score (nSPS) is 19.0. The molecule has 0 saturated carbocycles. The topological polar surface area (TPSA) is 169 Å².